The molecule has 0 aliphatic carbocycles. The van der Waals surface area contributed by atoms with E-state index < -0.39 is 0 Å². The van der Waals surface area contributed by atoms with Crippen LogP contribution in [0.2, 0.25) is 0 Å². The number of anilines is 1. The maximum atomic E-state index is 12.1. The Kier molecular flexibility index (Phi) is 2.66. The van der Waals surface area contributed by atoms with Crippen molar-refractivity contribution in [3.8, 4) is 0 Å². The molecule has 1 aliphatic rings. The summed E-state index contributed by atoms with van der Waals surface area (Å²) in [5.74, 6) is 0.396. The summed E-state index contributed by atoms with van der Waals surface area (Å²) >= 11 is 0. The quantitative estimate of drug-likeness (QED) is 0.641. The lowest BCUT2D eigenvalue weighted by atomic mass is 10.4. The van der Waals surface area contributed by atoms with Gasteiger partial charge in [0.15, 0.2) is 23.9 Å². The van der Waals surface area contributed by atoms with Crippen LogP contribution in [0.25, 0.3) is 0 Å². The first-order valence-corrected chi connectivity index (χ1v) is 6.13. The van der Waals surface area contributed by atoms with Crippen LogP contribution >= 0.6 is 0 Å². The molecule has 2 aromatic heterocycles. The third-order valence-corrected chi connectivity index (χ3v) is 3.22. The summed E-state index contributed by atoms with van der Waals surface area (Å²) in [7, 11) is 1.92. The normalized spacial score (nSPS) is 14.2. The second kappa shape index (κ2) is 4.34. The van der Waals surface area contributed by atoms with Crippen LogP contribution in [0.5, 0.6) is 0 Å². The van der Waals surface area contributed by atoms with Gasteiger partial charge < -0.3 is 5.73 Å². The van der Waals surface area contributed by atoms with E-state index in [-0.39, 0.29) is 11.2 Å². The van der Waals surface area contributed by atoms with Gasteiger partial charge in [0, 0.05) is 25.2 Å². The van der Waals surface area contributed by atoms with E-state index in [4.69, 9.17) is 5.73 Å². The van der Waals surface area contributed by atoms with Gasteiger partial charge in [-0.2, -0.15) is 0 Å². The van der Waals surface area contributed by atoms with Crippen molar-refractivity contribution in [1.82, 2.24) is 9.36 Å². The highest BCUT2D eigenvalue weighted by Crippen LogP contribution is 2.23. The zero-order chi connectivity index (χ0) is 13.4. The van der Waals surface area contributed by atoms with Crippen molar-refractivity contribution in [2.24, 2.45) is 17.3 Å². The summed E-state index contributed by atoms with van der Waals surface area (Å²) in [6.45, 7) is 1.46. The lowest BCUT2D eigenvalue weighted by Crippen LogP contribution is -2.25. The number of azo groups is 1. The molecule has 0 amide bonds. The topological polar surface area (TPSA) is 81.5 Å². The van der Waals surface area contributed by atoms with Crippen molar-refractivity contribution >= 4 is 17.2 Å². The molecule has 0 bridgehead atoms. The molecule has 3 rings (SSSR count). The second-order valence-electron chi connectivity index (χ2n) is 4.56. The van der Waals surface area contributed by atoms with E-state index in [1.807, 2.05) is 36.1 Å². The molecule has 7 nitrogen and oxygen atoms in total. The van der Waals surface area contributed by atoms with Gasteiger partial charge in [0.25, 0.3) is 5.56 Å². The molecule has 0 unspecified atom stereocenters. The van der Waals surface area contributed by atoms with Crippen LogP contribution in [-0.4, -0.2) is 9.36 Å². The molecule has 0 spiro atoms. The van der Waals surface area contributed by atoms with Crippen molar-refractivity contribution in [2.45, 2.75) is 19.5 Å². The molecule has 3 heterocycles. The fraction of sp³-hybridized carbons (Fsp3) is 0.333. The maximum absolute atomic E-state index is 12.1. The van der Waals surface area contributed by atoms with E-state index >= 15 is 0 Å². The Balaban J connectivity index is 1.96. The molecule has 0 atom stereocenters. The number of hydrogen-bond acceptors (Lipinski definition) is 4. The Labute approximate surface area is 109 Å². The summed E-state index contributed by atoms with van der Waals surface area (Å²) in [6.07, 6.45) is 4.67. The Hall–Kier alpha value is -2.44. The standard InChI is InChI=1S/C12H14N6O/c1-16-7-3-9(4-8-16)14-15-10-11(13)17-5-2-6-18(17)12(10)19/h3-4,7-8,13H,2,5-6H2,1H3/p+1. The van der Waals surface area contributed by atoms with Crippen LogP contribution in [0.1, 0.15) is 6.42 Å². The van der Waals surface area contributed by atoms with Crippen LogP contribution in [-0.2, 0) is 20.1 Å². The van der Waals surface area contributed by atoms with Gasteiger partial charge in [0.05, 0.1) is 5.69 Å². The molecule has 19 heavy (non-hydrogen) atoms. The largest absolute Gasteiger partial charge is 0.382 e. The molecule has 2 N–H and O–H groups in total. The molecule has 1 aliphatic heterocycles. The van der Waals surface area contributed by atoms with Gasteiger partial charge in [-0.05, 0) is 6.42 Å². The highest BCUT2D eigenvalue weighted by molar-refractivity contribution is 5.57. The third-order valence-electron chi connectivity index (χ3n) is 3.22. The first kappa shape index (κ1) is 11.6. The third kappa shape index (κ3) is 1.92. The van der Waals surface area contributed by atoms with E-state index in [0.29, 0.717) is 18.1 Å². The Morgan fingerprint density at radius 1 is 1.21 bits per heavy atom. The molecular weight excluding hydrogens is 244 g/mol. The number of pyridine rings is 1. The van der Waals surface area contributed by atoms with E-state index in [2.05, 4.69) is 10.2 Å². The fourth-order valence-electron chi connectivity index (χ4n) is 2.19. The van der Waals surface area contributed by atoms with Gasteiger partial charge >= 0.3 is 0 Å². The number of hydrogen-bond donors (Lipinski definition) is 1. The fourth-order valence-corrected chi connectivity index (χ4v) is 2.19. The Morgan fingerprint density at radius 2 is 1.89 bits per heavy atom. The number of nitrogens with zero attached hydrogens (tertiary/aromatic N) is 5. The first-order chi connectivity index (χ1) is 9.16. The minimum absolute atomic E-state index is 0.166. The van der Waals surface area contributed by atoms with E-state index in [9.17, 15) is 4.79 Å². The number of aryl methyl sites for hydroxylation is 1. The second-order valence-corrected chi connectivity index (χ2v) is 4.56. The minimum Gasteiger partial charge on any atom is -0.382 e. The molecule has 0 saturated heterocycles. The Morgan fingerprint density at radius 3 is 2.58 bits per heavy atom. The lowest BCUT2D eigenvalue weighted by molar-refractivity contribution is -0.671. The van der Waals surface area contributed by atoms with Crippen LogP contribution in [0.4, 0.5) is 17.2 Å². The number of rotatable bonds is 2. The van der Waals surface area contributed by atoms with Gasteiger partial charge in [-0.3, -0.25) is 9.48 Å². The summed E-state index contributed by atoms with van der Waals surface area (Å²) in [4.78, 5) is 12.1. The van der Waals surface area contributed by atoms with Crippen LogP contribution in [0, 0.1) is 0 Å². The number of fused-ring (bicyclic) bond motifs is 1. The first-order valence-electron chi connectivity index (χ1n) is 6.13. The summed E-state index contributed by atoms with van der Waals surface area (Å²) < 4.78 is 5.28. The molecule has 7 heteroatoms. The van der Waals surface area contributed by atoms with Crippen molar-refractivity contribution < 1.29 is 4.57 Å². The Bertz CT molecular complexity index is 694. The SMILES string of the molecule is C[n+]1ccc(/N=N/c2c(N)n3n(c2=O)CCC3)cc1. The average Bonchev–Trinajstić information content (AvgIpc) is 2.96. The van der Waals surface area contributed by atoms with Crippen molar-refractivity contribution in [1.29, 1.82) is 0 Å². The predicted octanol–water partition coefficient (Wildman–Crippen LogP) is 0.876. The summed E-state index contributed by atoms with van der Waals surface area (Å²) in [6, 6.07) is 3.64. The van der Waals surface area contributed by atoms with Gasteiger partial charge in [-0.25, -0.2) is 9.25 Å². The molecule has 2 aromatic rings. The monoisotopic (exact) mass is 259 g/mol. The lowest BCUT2D eigenvalue weighted by Gasteiger charge is -1.98. The average molecular weight is 259 g/mol. The predicted molar refractivity (Wildman–Crippen MR) is 69.5 cm³/mol. The van der Waals surface area contributed by atoms with Crippen LogP contribution < -0.4 is 15.9 Å². The highest BCUT2D eigenvalue weighted by Gasteiger charge is 2.21. The molecular formula is C12H15N6O+. The van der Waals surface area contributed by atoms with Crippen LogP contribution in [0.15, 0.2) is 39.5 Å². The van der Waals surface area contributed by atoms with E-state index in [1.54, 1.807) is 9.36 Å². The zero-order valence-corrected chi connectivity index (χ0v) is 10.7. The minimum atomic E-state index is -0.166. The van der Waals surface area contributed by atoms with Gasteiger partial charge in [0.1, 0.15) is 7.05 Å². The van der Waals surface area contributed by atoms with Crippen LogP contribution in [0.3, 0.4) is 0 Å². The van der Waals surface area contributed by atoms with E-state index in [0.717, 1.165) is 13.0 Å². The molecule has 0 fully saturated rings. The van der Waals surface area contributed by atoms with Crippen molar-refractivity contribution in [3.63, 3.8) is 0 Å². The van der Waals surface area contributed by atoms with E-state index in [1.165, 1.54) is 0 Å². The number of aromatic nitrogens is 3. The smallest absolute Gasteiger partial charge is 0.296 e. The van der Waals surface area contributed by atoms with Crippen molar-refractivity contribution in [3.05, 3.63) is 34.9 Å². The van der Waals surface area contributed by atoms with Gasteiger partial charge in [0.2, 0.25) is 0 Å². The number of nitrogens with two attached hydrogens (primary N) is 1. The summed E-state index contributed by atoms with van der Waals surface area (Å²) in [5, 5.41) is 8.06. The molecule has 0 radical (unpaired) electrons. The highest BCUT2D eigenvalue weighted by atomic mass is 16.1. The molecule has 0 saturated carbocycles. The zero-order valence-electron chi connectivity index (χ0n) is 10.7. The number of nitrogen functional groups attached to an aromatic ring is 1. The van der Waals surface area contributed by atoms with Crippen molar-refractivity contribution in [2.75, 3.05) is 5.73 Å². The van der Waals surface area contributed by atoms with Gasteiger partial charge in [-0.15, -0.1) is 10.2 Å². The maximum Gasteiger partial charge on any atom is 0.296 e. The molecule has 0 aromatic carbocycles. The van der Waals surface area contributed by atoms with Gasteiger partial charge in [-0.1, -0.05) is 0 Å². The molecule has 98 valence electrons. The summed E-state index contributed by atoms with van der Waals surface area (Å²) in [5.41, 5.74) is 6.68.